The van der Waals surface area contributed by atoms with Crippen molar-refractivity contribution in [1.29, 1.82) is 5.26 Å². The van der Waals surface area contributed by atoms with E-state index in [-0.39, 0.29) is 35.8 Å². The van der Waals surface area contributed by atoms with Crippen molar-refractivity contribution in [2.45, 2.75) is 60.2 Å². The second kappa shape index (κ2) is 10.5. The lowest BCUT2D eigenvalue weighted by molar-refractivity contribution is -0.129. The maximum Gasteiger partial charge on any atom is 0.265 e. The minimum Gasteiger partial charge on any atom is -0.419 e. The molecule has 172 valence electrons. The third-order valence-electron chi connectivity index (χ3n) is 5.47. The fourth-order valence-electron chi connectivity index (χ4n) is 3.69. The molecule has 0 aliphatic carbocycles. The van der Waals surface area contributed by atoms with Crippen molar-refractivity contribution in [3.05, 3.63) is 63.8 Å². The fourth-order valence-corrected chi connectivity index (χ4v) is 3.91. The van der Waals surface area contributed by atoms with E-state index in [4.69, 9.17) is 16.0 Å². The Balaban J connectivity index is 1.87. The summed E-state index contributed by atoms with van der Waals surface area (Å²) in [6.45, 7) is 10.9. The van der Waals surface area contributed by atoms with E-state index in [1.165, 1.54) is 0 Å². The summed E-state index contributed by atoms with van der Waals surface area (Å²) in [4.78, 5) is 14.8. The topological polar surface area (TPSA) is 88.0 Å². The van der Waals surface area contributed by atoms with Gasteiger partial charge in [0.05, 0.1) is 17.1 Å². The minimum atomic E-state index is -0.384. The van der Waals surface area contributed by atoms with Gasteiger partial charge in [-0.1, -0.05) is 30.7 Å². The Hall–Kier alpha value is -3.37. The predicted molar refractivity (Wildman–Crippen MR) is 128 cm³/mol. The molecule has 8 heteroatoms. The number of hydrogen-bond donors (Lipinski definition) is 0. The molecule has 1 amide bonds. The first-order valence-electron chi connectivity index (χ1n) is 10.9. The number of halogens is 1. The van der Waals surface area contributed by atoms with Crippen LogP contribution in [0.2, 0.25) is 5.02 Å². The van der Waals surface area contributed by atoms with Gasteiger partial charge in [0.25, 0.3) is 5.91 Å². The van der Waals surface area contributed by atoms with E-state index in [1.807, 2.05) is 45.9 Å². The molecule has 0 radical (unpaired) electrons. The molecule has 2 heterocycles. The molecular formula is C25H28ClN5O2. The van der Waals surface area contributed by atoms with Crippen LogP contribution in [0.3, 0.4) is 0 Å². The van der Waals surface area contributed by atoms with Crippen LogP contribution in [0.25, 0.3) is 17.5 Å². The monoisotopic (exact) mass is 465 g/mol. The molecule has 3 rings (SSSR count). The van der Waals surface area contributed by atoms with E-state index in [9.17, 15) is 10.1 Å². The van der Waals surface area contributed by atoms with Crippen LogP contribution in [0.15, 0.2) is 40.3 Å². The minimum absolute atomic E-state index is 0.0614. The number of rotatable bonds is 8. The highest BCUT2D eigenvalue weighted by atomic mass is 35.5. The Morgan fingerprint density at radius 1 is 1.30 bits per heavy atom. The van der Waals surface area contributed by atoms with Gasteiger partial charge in [-0.25, -0.2) is 0 Å². The van der Waals surface area contributed by atoms with E-state index in [2.05, 4.69) is 27.8 Å². The van der Waals surface area contributed by atoms with Crippen molar-refractivity contribution in [1.82, 2.24) is 19.7 Å². The summed E-state index contributed by atoms with van der Waals surface area (Å²) >= 11 is 6.22. The largest absolute Gasteiger partial charge is 0.419 e. The summed E-state index contributed by atoms with van der Waals surface area (Å²) < 4.78 is 7.97. The van der Waals surface area contributed by atoms with Crippen molar-refractivity contribution in [2.75, 3.05) is 0 Å². The molecule has 0 aliphatic rings. The highest BCUT2D eigenvalue weighted by Crippen LogP contribution is 2.27. The molecule has 33 heavy (non-hydrogen) atoms. The highest BCUT2D eigenvalue weighted by molar-refractivity contribution is 6.33. The summed E-state index contributed by atoms with van der Waals surface area (Å²) in [5.41, 5.74) is 3.69. The molecule has 0 saturated heterocycles. The molecule has 0 unspecified atom stereocenters. The van der Waals surface area contributed by atoms with Crippen LogP contribution in [0.5, 0.6) is 0 Å². The molecule has 0 atom stereocenters. The summed E-state index contributed by atoms with van der Waals surface area (Å²) in [5.74, 6) is 0.168. The first kappa shape index (κ1) is 24.3. The van der Waals surface area contributed by atoms with Crippen LogP contribution >= 0.6 is 11.6 Å². The lowest BCUT2D eigenvalue weighted by atomic mass is 10.1. The quantitative estimate of drug-likeness (QED) is 0.321. The van der Waals surface area contributed by atoms with Gasteiger partial charge < -0.3 is 13.9 Å². The van der Waals surface area contributed by atoms with Crippen molar-refractivity contribution >= 4 is 23.6 Å². The number of nitrogens with zero attached hydrogens (tertiary/aromatic N) is 5. The fraction of sp³-hybridized carbons (Fsp3) is 0.360. The van der Waals surface area contributed by atoms with E-state index in [0.717, 1.165) is 29.9 Å². The van der Waals surface area contributed by atoms with Gasteiger partial charge in [-0.05, 0) is 64.0 Å². The average Bonchev–Trinajstić information content (AvgIpc) is 3.35. The number of amides is 1. The smallest absolute Gasteiger partial charge is 0.265 e. The number of carbonyl (C=O) groups excluding carboxylic acids is 1. The Kier molecular flexibility index (Phi) is 7.72. The molecule has 1 aromatic carbocycles. The number of nitriles is 1. The Morgan fingerprint density at radius 2 is 2.03 bits per heavy atom. The first-order valence-corrected chi connectivity index (χ1v) is 11.3. The SMILES string of the molecule is CCCn1c(C)cc(/C=C(\C#N)C(=O)N(Cc2nnc(-c3ccccc3Cl)o2)C(C)C)c1C. The highest BCUT2D eigenvalue weighted by Gasteiger charge is 2.24. The van der Waals surface area contributed by atoms with Crippen LogP contribution in [0.4, 0.5) is 0 Å². The zero-order valence-electron chi connectivity index (χ0n) is 19.6. The van der Waals surface area contributed by atoms with E-state index in [1.54, 1.807) is 23.1 Å². The van der Waals surface area contributed by atoms with Crippen LogP contribution in [0.1, 0.15) is 50.0 Å². The molecule has 0 N–H and O–H groups in total. The second-order valence-corrected chi connectivity index (χ2v) is 8.56. The van der Waals surface area contributed by atoms with E-state index < -0.39 is 0 Å². The number of benzene rings is 1. The molecule has 0 fully saturated rings. The molecule has 3 aromatic rings. The van der Waals surface area contributed by atoms with Gasteiger partial charge in [0.2, 0.25) is 11.8 Å². The lowest BCUT2D eigenvalue weighted by Crippen LogP contribution is -2.37. The van der Waals surface area contributed by atoms with Gasteiger partial charge in [0.15, 0.2) is 0 Å². The van der Waals surface area contributed by atoms with Gasteiger partial charge in [-0.3, -0.25) is 4.79 Å². The number of aryl methyl sites for hydroxylation is 1. The van der Waals surface area contributed by atoms with Gasteiger partial charge in [-0.2, -0.15) is 5.26 Å². The Labute approximate surface area is 199 Å². The maximum atomic E-state index is 13.3. The zero-order chi connectivity index (χ0) is 24.1. The molecule has 0 aliphatic heterocycles. The zero-order valence-corrected chi connectivity index (χ0v) is 20.3. The number of aromatic nitrogens is 3. The van der Waals surface area contributed by atoms with E-state index >= 15 is 0 Å². The van der Waals surface area contributed by atoms with Gasteiger partial charge in [-0.15, -0.1) is 10.2 Å². The predicted octanol–water partition coefficient (Wildman–Crippen LogP) is 5.56. The molecule has 0 bridgehead atoms. The summed E-state index contributed by atoms with van der Waals surface area (Å²) in [7, 11) is 0. The number of hydrogen-bond acceptors (Lipinski definition) is 5. The van der Waals surface area contributed by atoms with Crippen LogP contribution in [0, 0.1) is 25.2 Å². The van der Waals surface area contributed by atoms with Crippen LogP contribution < -0.4 is 0 Å². The molecule has 0 saturated carbocycles. The van der Waals surface area contributed by atoms with Crippen molar-refractivity contribution in [2.24, 2.45) is 0 Å². The first-order chi connectivity index (χ1) is 15.8. The third-order valence-corrected chi connectivity index (χ3v) is 5.80. The van der Waals surface area contributed by atoms with E-state index in [0.29, 0.717) is 10.6 Å². The third kappa shape index (κ3) is 5.35. The van der Waals surface area contributed by atoms with Crippen molar-refractivity contribution < 1.29 is 9.21 Å². The molecular weight excluding hydrogens is 438 g/mol. The molecule has 0 spiro atoms. The molecule has 7 nitrogen and oxygen atoms in total. The second-order valence-electron chi connectivity index (χ2n) is 8.16. The lowest BCUT2D eigenvalue weighted by Gasteiger charge is -2.24. The van der Waals surface area contributed by atoms with Crippen LogP contribution in [-0.2, 0) is 17.9 Å². The summed E-state index contributed by atoms with van der Waals surface area (Å²) in [6.07, 6.45) is 2.67. The Morgan fingerprint density at radius 3 is 2.67 bits per heavy atom. The van der Waals surface area contributed by atoms with Crippen molar-refractivity contribution in [3.8, 4) is 17.5 Å². The standard InChI is InChI=1S/C25H28ClN5O2/c1-6-11-30-17(4)12-19(18(30)5)13-20(14-27)25(32)31(16(2)3)15-23-28-29-24(33-23)21-9-7-8-10-22(21)26/h7-10,12-13,16H,6,11,15H2,1-5H3/b20-13+. The normalized spacial score (nSPS) is 11.6. The molecule has 2 aromatic heterocycles. The summed E-state index contributed by atoms with van der Waals surface area (Å²) in [5, 5.41) is 18.4. The Bertz CT molecular complexity index is 1220. The van der Waals surface area contributed by atoms with Gasteiger partial charge in [0, 0.05) is 24.0 Å². The summed E-state index contributed by atoms with van der Waals surface area (Å²) in [6, 6.07) is 11.1. The van der Waals surface area contributed by atoms with Crippen LogP contribution in [-0.4, -0.2) is 31.6 Å². The van der Waals surface area contributed by atoms with Gasteiger partial charge in [0.1, 0.15) is 11.6 Å². The van der Waals surface area contributed by atoms with Gasteiger partial charge >= 0.3 is 0 Å². The van der Waals surface area contributed by atoms with Crippen molar-refractivity contribution in [3.63, 3.8) is 0 Å². The number of carbonyl (C=O) groups is 1. The maximum absolute atomic E-state index is 13.3. The average molecular weight is 466 g/mol.